The number of aromatic nitrogens is 2. The van der Waals surface area contributed by atoms with Crippen molar-refractivity contribution >= 4 is 43.6 Å². The quantitative estimate of drug-likeness (QED) is 0.193. The summed E-state index contributed by atoms with van der Waals surface area (Å²) in [5, 5.41) is 33.6. The minimum Gasteiger partial charge on any atom is -0.309 e. The van der Waals surface area contributed by atoms with Gasteiger partial charge < -0.3 is 9.13 Å². The fourth-order valence-corrected chi connectivity index (χ4v) is 7.42. The van der Waals surface area contributed by atoms with Gasteiger partial charge in [-0.1, -0.05) is 72.8 Å². The van der Waals surface area contributed by atoms with E-state index in [2.05, 4.69) is 124 Å². The minimum atomic E-state index is 0.563. The molecule has 0 N–H and O–H groups in total. The van der Waals surface area contributed by atoms with Crippen LogP contribution in [0.5, 0.6) is 0 Å². The molecule has 0 saturated heterocycles. The summed E-state index contributed by atoms with van der Waals surface area (Å²) in [6.45, 7) is 0. The van der Waals surface area contributed by atoms with Crippen LogP contribution in [0, 0.1) is 34.0 Å². The topological polar surface area (TPSA) is 81.2 Å². The molecule has 230 valence electrons. The molecule has 0 unspecified atom stereocenters. The molecule has 5 heteroatoms. The van der Waals surface area contributed by atoms with Gasteiger partial charge in [-0.15, -0.1) is 0 Å². The van der Waals surface area contributed by atoms with Crippen molar-refractivity contribution in [1.29, 1.82) is 15.8 Å². The molecule has 0 amide bonds. The number of nitrogens with zero attached hydrogens (tertiary/aromatic N) is 5. The predicted molar refractivity (Wildman–Crippen MR) is 200 cm³/mol. The van der Waals surface area contributed by atoms with Gasteiger partial charge in [0.2, 0.25) is 0 Å². The third-order valence-corrected chi connectivity index (χ3v) is 9.60. The van der Waals surface area contributed by atoms with E-state index in [1.165, 1.54) is 10.8 Å². The predicted octanol–water partition coefficient (Wildman–Crippen LogP) is 10.8. The van der Waals surface area contributed by atoms with Crippen LogP contribution < -0.4 is 0 Å². The van der Waals surface area contributed by atoms with Gasteiger partial charge in [0.1, 0.15) is 0 Å². The first-order valence-corrected chi connectivity index (χ1v) is 16.3. The first kappa shape index (κ1) is 28.8. The lowest BCUT2D eigenvalue weighted by molar-refractivity contribution is 1.18. The molecule has 2 heterocycles. The summed E-state index contributed by atoms with van der Waals surface area (Å²) in [5.41, 5.74) is 11.8. The van der Waals surface area contributed by atoms with Gasteiger partial charge >= 0.3 is 0 Å². The average Bonchev–Trinajstić information content (AvgIpc) is 3.69. The van der Waals surface area contributed by atoms with E-state index in [4.69, 9.17) is 0 Å². The maximum Gasteiger partial charge on any atom is 0.0991 e. The lowest BCUT2D eigenvalue weighted by Crippen LogP contribution is -1.99. The molecule has 2 aromatic heterocycles. The highest BCUT2D eigenvalue weighted by Gasteiger charge is 2.19. The van der Waals surface area contributed by atoms with Crippen molar-refractivity contribution in [3.8, 4) is 51.8 Å². The molecular formula is C45H25N5. The minimum absolute atomic E-state index is 0.563. The van der Waals surface area contributed by atoms with E-state index < -0.39 is 0 Å². The zero-order valence-electron chi connectivity index (χ0n) is 26.7. The lowest BCUT2D eigenvalue weighted by Gasteiger charge is -2.18. The van der Waals surface area contributed by atoms with Crippen LogP contribution in [0.1, 0.15) is 16.7 Å². The molecule has 50 heavy (non-hydrogen) atoms. The lowest BCUT2D eigenvalue weighted by atomic mass is 9.91. The van der Waals surface area contributed by atoms with Crippen molar-refractivity contribution < 1.29 is 0 Å². The first-order valence-electron chi connectivity index (χ1n) is 16.3. The number of hydrogen-bond donors (Lipinski definition) is 0. The summed E-state index contributed by atoms with van der Waals surface area (Å²) >= 11 is 0. The molecule has 0 atom stereocenters. The Labute approximate surface area is 287 Å². The zero-order chi connectivity index (χ0) is 33.8. The Morgan fingerprint density at radius 2 is 0.900 bits per heavy atom. The maximum absolute atomic E-state index is 10.0. The summed E-state index contributed by atoms with van der Waals surface area (Å²) in [6.07, 6.45) is 0. The van der Waals surface area contributed by atoms with Crippen molar-refractivity contribution in [3.05, 3.63) is 168 Å². The smallest absolute Gasteiger partial charge is 0.0991 e. The number of fused-ring (bicyclic) bond motifs is 6. The summed E-state index contributed by atoms with van der Waals surface area (Å²) in [4.78, 5) is 0. The second-order valence-corrected chi connectivity index (χ2v) is 12.3. The Morgan fingerprint density at radius 1 is 0.360 bits per heavy atom. The monoisotopic (exact) mass is 635 g/mol. The van der Waals surface area contributed by atoms with Gasteiger partial charge in [-0.3, -0.25) is 0 Å². The zero-order valence-corrected chi connectivity index (χ0v) is 26.7. The molecule has 0 spiro atoms. The van der Waals surface area contributed by atoms with E-state index in [-0.39, 0.29) is 0 Å². The van der Waals surface area contributed by atoms with E-state index in [1.54, 1.807) is 0 Å². The van der Waals surface area contributed by atoms with E-state index in [0.717, 1.165) is 66.5 Å². The van der Waals surface area contributed by atoms with Gasteiger partial charge in [0.25, 0.3) is 0 Å². The van der Waals surface area contributed by atoms with E-state index in [0.29, 0.717) is 16.7 Å². The van der Waals surface area contributed by atoms with Crippen LogP contribution in [-0.4, -0.2) is 9.13 Å². The largest absolute Gasteiger partial charge is 0.309 e. The maximum atomic E-state index is 10.0. The Kier molecular flexibility index (Phi) is 6.56. The summed E-state index contributed by atoms with van der Waals surface area (Å²) < 4.78 is 4.51. The van der Waals surface area contributed by atoms with E-state index >= 15 is 0 Å². The van der Waals surface area contributed by atoms with Crippen LogP contribution in [0.3, 0.4) is 0 Å². The Bertz CT molecular complexity index is 2850. The van der Waals surface area contributed by atoms with Crippen LogP contribution in [0.2, 0.25) is 0 Å². The Hall–Kier alpha value is -7.39. The van der Waals surface area contributed by atoms with Crippen LogP contribution in [0.25, 0.3) is 77.2 Å². The summed E-state index contributed by atoms with van der Waals surface area (Å²) in [5.74, 6) is 0. The standard InChI is InChI=1S/C45H25N5/c46-26-29-16-19-34(35-10-1-4-13-41(35)50-42-14-5-2-11-36(42)37-12-3-6-15-43(37)50)38(22-29)32-8-7-9-33(25-32)49-44-20-17-30(27-47)23-39(44)40-24-31(28-48)18-21-45(40)49/h1-25H. The molecule has 0 aliphatic rings. The van der Waals surface area contributed by atoms with Gasteiger partial charge in [-0.25, -0.2) is 0 Å². The van der Waals surface area contributed by atoms with Crippen LogP contribution in [0.15, 0.2) is 152 Å². The molecule has 0 aliphatic carbocycles. The highest BCUT2D eigenvalue weighted by Crippen LogP contribution is 2.41. The third kappa shape index (κ3) is 4.38. The highest BCUT2D eigenvalue weighted by atomic mass is 15.0. The molecule has 9 rings (SSSR count). The first-order chi connectivity index (χ1) is 24.7. The fraction of sp³-hybridized carbons (Fsp3) is 0. The van der Waals surface area contributed by atoms with E-state index in [9.17, 15) is 15.8 Å². The van der Waals surface area contributed by atoms with Crippen molar-refractivity contribution in [2.75, 3.05) is 0 Å². The van der Waals surface area contributed by atoms with Gasteiger partial charge in [0, 0.05) is 32.8 Å². The number of nitriles is 3. The molecule has 0 saturated carbocycles. The Morgan fingerprint density at radius 3 is 1.54 bits per heavy atom. The molecule has 0 aliphatic heterocycles. The van der Waals surface area contributed by atoms with Crippen LogP contribution in [0.4, 0.5) is 0 Å². The third-order valence-electron chi connectivity index (χ3n) is 9.60. The van der Waals surface area contributed by atoms with Gasteiger partial charge in [0.05, 0.1) is 62.7 Å². The van der Waals surface area contributed by atoms with Gasteiger partial charge in [-0.2, -0.15) is 15.8 Å². The van der Waals surface area contributed by atoms with E-state index in [1.807, 2.05) is 54.6 Å². The van der Waals surface area contributed by atoms with Crippen molar-refractivity contribution in [1.82, 2.24) is 9.13 Å². The fourth-order valence-electron chi connectivity index (χ4n) is 7.42. The van der Waals surface area contributed by atoms with Gasteiger partial charge in [-0.05, 0) is 95.6 Å². The number of para-hydroxylation sites is 3. The molecule has 7 aromatic carbocycles. The molecule has 0 radical (unpaired) electrons. The number of rotatable bonds is 4. The van der Waals surface area contributed by atoms with Crippen LogP contribution >= 0.6 is 0 Å². The number of hydrogen-bond acceptors (Lipinski definition) is 3. The molecular weight excluding hydrogens is 611 g/mol. The second kappa shape index (κ2) is 11.4. The highest BCUT2D eigenvalue weighted by molar-refractivity contribution is 6.11. The summed E-state index contributed by atoms with van der Waals surface area (Å²) in [7, 11) is 0. The second-order valence-electron chi connectivity index (χ2n) is 12.3. The summed E-state index contributed by atoms with van der Waals surface area (Å²) in [6, 6.07) is 57.9. The van der Waals surface area contributed by atoms with Gasteiger partial charge in [0.15, 0.2) is 0 Å². The normalized spacial score (nSPS) is 11.1. The SMILES string of the molecule is N#Cc1ccc(-c2ccccc2-n2c3ccccc3c3ccccc32)c(-c2cccc(-n3c4ccc(C#N)cc4c4cc(C#N)ccc43)c2)c1. The molecule has 9 aromatic rings. The van der Waals surface area contributed by atoms with Crippen molar-refractivity contribution in [3.63, 3.8) is 0 Å². The van der Waals surface area contributed by atoms with Crippen LogP contribution in [-0.2, 0) is 0 Å². The van der Waals surface area contributed by atoms with Crippen molar-refractivity contribution in [2.24, 2.45) is 0 Å². The number of benzene rings is 7. The Balaban J connectivity index is 1.28. The molecule has 0 bridgehead atoms. The van der Waals surface area contributed by atoms with Crippen molar-refractivity contribution in [2.45, 2.75) is 0 Å². The average molecular weight is 636 g/mol. The molecule has 0 fully saturated rings. The molecule has 5 nitrogen and oxygen atoms in total.